The molecule has 1 aromatic carbocycles. The van der Waals surface area contributed by atoms with Gasteiger partial charge >= 0.3 is 0 Å². The van der Waals surface area contributed by atoms with E-state index in [1.807, 2.05) is 26.8 Å². The zero-order valence-electron chi connectivity index (χ0n) is 15.3. The minimum atomic E-state index is -0.738. The van der Waals surface area contributed by atoms with Gasteiger partial charge in [-0.2, -0.15) is 5.10 Å². The highest BCUT2D eigenvalue weighted by Crippen LogP contribution is 2.47. The number of allylic oxidation sites excluding steroid dienone is 1. The molecule has 4 rings (SSSR count). The van der Waals surface area contributed by atoms with Crippen LogP contribution in [0.2, 0.25) is 0 Å². The first-order chi connectivity index (χ1) is 12.7. The molecule has 0 unspecified atom stereocenters. The predicted molar refractivity (Wildman–Crippen MR) is 105 cm³/mol. The van der Waals surface area contributed by atoms with Crippen LogP contribution in [0.1, 0.15) is 20.8 Å². The van der Waals surface area contributed by atoms with E-state index in [1.54, 1.807) is 41.6 Å². The second-order valence-corrected chi connectivity index (χ2v) is 9.03. The lowest BCUT2D eigenvalue weighted by Gasteiger charge is -2.33. The lowest BCUT2D eigenvalue weighted by molar-refractivity contribution is -0.136. The van der Waals surface area contributed by atoms with E-state index in [-0.39, 0.29) is 23.6 Å². The molecular formula is C20H20BrN3O3. The van der Waals surface area contributed by atoms with Gasteiger partial charge < -0.3 is 0 Å². The Kier molecular flexibility index (Phi) is 4.10. The van der Waals surface area contributed by atoms with Gasteiger partial charge in [-0.05, 0) is 30.3 Å². The maximum Gasteiger partial charge on any atom is 0.240 e. The fourth-order valence-corrected chi connectivity index (χ4v) is 4.39. The van der Waals surface area contributed by atoms with E-state index in [1.165, 1.54) is 4.90 Å². The fraction of sp³-hybridized carbons (Fsp3) is 0.400. The van der Waals surface area contributed by atoms with Gasteiger partial charge in [0.05, 0.1) is 23.6 Å². The molecule has 0 aromatic heterocycles. The van der Waals surface area contributed by atoms with Crippen molar-refractivity contribution in [3.63, 3.8) is 0 Å². The highest BCUT2D eigenvalue weighted by molar-refractivity contribution is 9.10. The van der Waals surface area contributed by atoms with Crippen LogP contribution in [-0.2, 0) is 14.4 Å². The molecule has 0 spiro atoms. The van der Waals surface area contributed by atoms with E-state index in [0.29, 0.717) is 5.69 Å². The average molecular weight is 430 g/mol. The molecule has 3 aliphatic heterocycles. The van der Waals surface area contributed by atoms with Crippen molar-refractivity contribution >= 4 is 45.4 Å². The first-order valence-electron chi connectivity index (χ1n) is 8.88. The number of rotatable bonds is 2. The second kappa shape index (κ2) is 6.12. The van der Waals surface area contributed by atoms with E-state index < -0.39 is 23.3 Å². The molecule has 4 atom stereocenters. The number of halogens is 1. The number of imide groups is 1. The topological polar surface area (TPSA) is 70.0 Å². The SMILES string of the molecule is CC(C)(C)C(=O)[C@@H]1[C@@H]2C(=O)N(c3ccc(Br)cc3)C(=O)[C@@H]2[C@H]2C=CC=NN21. The molecule has 0 bridgehead atoms. The quantitative estimate of drug-likeness (QED) is 0.677. The third kappa shape index (κ3) is 2.67. The summed E-state index contributed by atoms with van der Waals surface area (Å²) in [7, 11) is 0. The Morgan fingerprint density at radius 1 is 1.07 bits per heavy atom. The minimum absolute atomic E-state index is 0.0775. The van der Waals surface area contributed by atoms with Crippen molar-refractivity contribution in [3.8, 4) is 0 Å². The largest absolute Gasteiger partial charge is 0.297 e. The van der Waals surface area contributed by atoms with Gasteiger partial charge in [-0.15, -0.1) is 0 Å². The van der Waals surface area contributed by atoms with Crippen molar-refractivity contribution in [2.75, 3.05) is 4.90 Å². The van der Waals surface area contributed by atoms with Crippen molar-refractivity contribution < 1.29 is 14.4 Å². The van der Waals surface area contributed by atoms with E-state index in [4.69, 9.17) is 0 Å². The van der Waals surface area contributed by atoms with Crippen molar-refractivity contribution in [1.82, 2.24) is 5.01 Å². The fourth-order valence-electron chi connectivity index (χ4n) is 4.13. The highest BCUT2D eigenvalue weighted by Gasteiger charge is 2.64. The average Bonchev–Trinajstić information content (AvgIpc) is 3.08. The number of hydrogen-bond donors (Lipinski definition) is 0. The molecule has 7 heteroatoms. The van der Waals surface area contributed by atoms with Crippen LogP contribution in [0, 0.1) is 17.3 Å². The van der Waals surface area contributed by atoms with E-state index in [2.05, 4.69) is 21.0 Å². The van der Waals surface area contributed by atoms with Gasteiger partial charge in [-0.25, -0.2) is 4.90 Å². The Morgan fingerprint density at radius 2 is 1.70 bits per heavy atom. The number of carbonyl (C=O) groups excluding carboxylic acids is 3. The molecular weight excluding hydrogens is 410 g/mol. The zero-order chi connectivity index (χ0) is 19.5. The van der Waals surface area contributed by atoms with Crippen LogP contribution in [0.25, 0.3) is 0 Å². The van der Waals surface area contributed by atoms with Gasteiger partial charge in [0.1, 0.15) is 6.04 Å². The van der Waals surface area contributed by atoms with Gasteiger partial charge in [0.25, 0.3) is 0 Å². The van der Waals surface area contributed by atoms with Crippen molar-refractivity contribution in [1.29, 1.82) is 0 Å². The van der Waals surface area contributed by atoms with E-state index >= 15 is 0 Å². The van der Waals surface area contributed by atoms with Gasteiger partial charge in [-0.1, -0.05) is 42.8 Å². The number of amides is 2. The molecule has 140 valence electrons. The number of hydrogen-bond acceptors (Lipinski definition) is 5. The molecule has 27 heavy (non-hydrogen) atoms. The number of Topliss-reactive ketones (excluding diaryl/α,β-unsaturated/α-hetero) is 1. The first kappa shape index (κ1) is 18.1. The standard InChI is InChI=1S/C20H20BrN3O3/c1-20(2,3)17(25)16-15-14(13-5-4-10-22-24(13)16)18(26)23(19(15)27)12-8-6-11(21)7-9-12/h4-10,13-16H,1-3H3/t13-,14-,15-,16+/m1/s1. The van der Waals surface area contributed by atoms with Crippen molar-refractivity contribution in [3.05, 3.63) is 40.9 Å². The first-order valence-corrected chi connectivity index (χ1v) is 9.68. The van der Waals surface area contributed by atoms with Crippen LogP contribution in [0.5, 0.6) is 0 Å². The monoisotopic (exact) mass is 429 g/mol. The number of carbonyl (C=O) groups is 3. The molecule has 0 aliphatic carbocycles. The number of ketones is 1. The van der Waals surface area contributed by atoms with Crippen LogP contribution in [0.15, 0.2) is 46.0 Å². The molecule has 0 radical (unpaired) electrons. The molecule has 2 amide bonds. The Bertz CT molecular complexity index is 885. The predicted octanol–water partition coefficient (Wildman–Crippen LogP) is 2.78. The minimum Gasteiger partial charge on any atom is -0.297 e. The summed E-state index contributed by atoms with van der Waals surface area (Å²) in [6, 6.07) is 5.92. The molecule has 0 saturated carbocycles. The summed E-state index contributed by atoms with van der Waals surface area (Å²) in [6.45, 7) is 5.48. The number of hydrazone groups is 1. The van der Waals surface area contributed by atoms with Crippen LogP contribution in [-0.4, -0.2) is 40.9 Å². The Hall–Kier alpha value is -2.28. The molecule has 0 N–H and O–H groups in total. The second-order valence-electron chi connectivity index (χ2n) is 8.12. The Morgan fingerprint density at radius 3 is 2.33 bits per heavy atom. The number of fused-ring (bicyclic) bond motifs is 3. The molecule has 2 fully saturated rings. The van der Waals surface area contributed by atoms with Gasteiger partial charge in [0.15, 0.2) is 5.78 Å². The summed E-state index contributed by atoms with van der Waals surface area (Å²) in [5.41, 5.74) is -0.116. The smallest absolute Gasteiger partial charge is 0.240 e. The van der Waals surface area contributed by atoms with Crippen molar-refractivity contribution in [2.24, 2.45) is 22.4 Å². The summed E-state index contributed by atoms with van der Waals surface area (Å²) in [6.07, 6.45) is 5.22. The van der Waals surface area contributed by atoms with E-state index in [0.717, 1.165) is 4.47 Å². The van der Waals surface area contributed by atoms with Crippen molar-refractivity contribution in [2.45, 2.75) is 32.9 Å². The number of nitrogens with zero attached hydrogens (tertiary/aromatic N) is 3. The molecule has 6 nitrogen and oxygen atoms in total. The molecule has 3 aliphatic rings. The summed E-state index contributed by atoms with van der Waals surface area (Å²) < 4.78 is 0.863. The summed E-state index contributed by atoms with van der Waals surface area (Å²) >= 11 is 3.36. The lowest BCUT2D eigenvalue weighted by Crippen LogP contribution is -2.49. The molecule has 1 aromatic rings. The van der Waals surface area contributed by atoms with Crippen LogP contribution >= 0.6 is 15.9 Å². The van der Waals surface area contributed by atoms with Crippen LogP contribution < -0.4 is 4.90 Å². The number of benzene rings is 1. The summed E-state index contributed by atoms with van der Waals surface area (Å²) in [4.78, 5) is 40.9. The van der Waals surface area contributed by atoms with Gasteiger partial charge in [-0.3, -0.25) is 19.4 Å². The van der Waals surface area contributed by atoms with Crippen LogP contribution in [0.4, 0.5) is 5.69 Å². The maximum atomic E-state index is 13.3. The number of anilines is 1. The Labute approximate surface area is 166 Å². The third-order valence-electron chi connectivity index (χ3n) is 5.38. The van der Waals surface area contributed by atoms with Gasteiger partial charge in [0.2, 0.25) is 11.8 Å². The molecule has 3 heterocycles. The van der Waals surface area contributed by atoms with Gasteiger partial charge in [0, 0.05) is 16.1 Å². The van der Waals surface area contributed by atoms with Crippen LogP contribution in [0.3, 0.4) is 0 Å². The highest BCUT2D eigenvalue weighted by atomic mass is 79.9. The zero-order valence-corrected chi connectivity index (χ0v) is 16.9. The molecule has 2 saturated heterocycles. The summed E-state index contributed by atoms with van der Waals surface area (Å²) in [5, 5.41) is 5.99. The third-order valence-corrected chi connectivity index (χ3v) is 5.91. The maximum absolute atomic E-state index is 13.3. The van der Waals surface area contributed by atoms with E-state index in [9.17, 15) is 14.4 Å². The normalized spacial score (nSPS) is 29.3. The Balaban J connectivity index is 1.79. The lowest BCUT2D eigenvalue weighted by atomic mass is 9.80. The summed E-state index contributed by atoms with van der Waals surface area (Å²) in [5.74, 6) is -2.00.